The molecule has 0 unspecified atom stereocenters. The van der Waals surface area contributed by atoms with Crippen LogP contribution < -0.4 is 0 Å². The number of hydrogen-bond acceptors (Lipinski definition) is 9. The van der Waals surface area contributed by atoms with Crippen LogP contribution in [0.15, 0.2) is 255 Å². The van der Waals surface area contributed by atoms with E-state index in [2.05, 4.69) is 28.8 Å². The van der Waals surface area contributed by atoms with Gasteiger partial charge in [-0.2, -0.15) is 0 Å². The van der Waals surface area contributed by atoms with Crippen LogP contribution in [0.4, 0.5) is 8.78 Å². The molecule has 0 bridgehead atoms. The molecule has 0 aliphatic rings. The highest BCUT2D eigenvalue weighted by molar-refractivity contribution is 6.12. The topological polar surface area (TPSA) is 121 Å². The predicted octanol–water partition coefficient (Wildman–Crippen LogP) is 16.3. The number of hydrogen-bond donors (Lipinski definition) is 0. The zero-order chi connectivity index (χ0) is 54.2. The maximum atomic E-state index is 15.1. The fourth-order valence-corrected chi connectivity index (χ4v) is 10.2. The Morgan fingerprint density at radius 2 is 0.506 bits per heavy atom. The van der Waals surface area contributed by atoms with Crippen LogP contribution in [0.1, 0.15) is 0 Å². The van der Waals surface area contributed by atoms with Crippen LogP contribution in [-0.4, -0.2) is 49.4 Å². The third-order valence-corrected chi connectivity index (χ3v) is 14.1. The molecule has 14 rings (SSSR count). The van der Waals surface area contributed by atoms with E-state index < -0.39 is 11.6 Å². The van der Waals surface area contributed by atoms with Crippen LogP contribution in [0, 0.1) is 11.6 Å². The van der Waals surface area contributed by atoms with Gasteiger partial charge in [-0.1, -0.05) is 188 Å². The molecule has 12 heteroatoms. The van der Waals surface area contributed by atoms with Gasteiger partial charge in [-0.05, 0) is 71.8 Å². The summed E-state index contributed by atoms with van der Waals surface area (Å²) in [6.07, 6.45) is 0. The monoisotopic (exact) mass is 1050 g/mol. The van der Waals surface area contributed by atoms with Gasteiger partial charge < -0.3 is 4.57 Å². The van der Waals surface area contributed by atoms with E-state index in [0.717, 1.165) is 72.4 Å². The molecule has 4 heterocycles. The first-order valence-corrected chi connectivity index (χ1v) is 26.2. The Kier molecular flexibility index (Phi) is 12.3. The summed E-state index contributed by atoms with van der Waals surface area (Å²) in [5.41, 5.74) is 10.3. The smallest absolute Gasteiger partial charge is 0.166 e. The molecule has 0 N–H and O–H groups in total. The number of rotatable bonds is 11. The van der Waals surface area contributed by atoms with Crippen molar-refractivity contribution in [3.05, 3.63) is 266 Å². The Bertz CT molecular complexity index is 4270. The largest absolute Gasteiger partial charge is 0.308 e. The minimum Gasteiger partial charge on any atom is -0.308 e. The van der Waals surface area contributed by atoms with E-state index in [4.69, 9.17) is 44.9 Å². The van der Waals surface area contributed by atoms with Crippen molar-refractivity contribution in [2.75, 3.05) is 0 Å². The maximum Gasteiger partial charge on any atom is 0.166 e. The van der Waals surface area contributed by atoms with E-state index in [1.54, 1.807) is 0 Å². The Labute approximate surface area is 463 Å². The Morgan fingerprint density at radius 3 is 0.827 bits per heavy atom. The molecular formula is C69H42F2N10. The molecule has 0 aliphatic carbocycles. The Hall–Kier alpha value is -11.1. The number of aromatic nitrogens is 10. The maximum absolute atomic E-state index is 15.1. The lowest BCUT2D eigenvalue weighted by atomic mass is 10.0. The van der Waals surface area contributed by atoms with E-state index in [-0.39, 0.29) is 0 Å². The van der Waals surface area contributed by atoms with Crippen molar-refractivity contribution in [1.29, 1.82) is 0 Å². The van der Waals surface area contributed by atoms with Gasteiger partial charge in [0.05, 0.1) is 16.7 Å². The quantitative estimate of drug-likeness (QED) is 0.125. The third-order valence-electron chi connectivity index (χ3n) is 14.1. The van der Waals surface area contributed by atoms with E-state index in [0.29, 0.717) is 74.8 Å². The molecule has 10 nitrogen and oxygen atoms in total. The lowest BCUT2D eigenvalue weighted by Gasteiger charge is -2.16. The second-order valence-electron chi connectivity index (χ2n) is 19.3. The number of halogens is 2. The fourth-order valence-electron chi connectivity index (χ4n) is 10.2. The van der Waals surface area contributed by atoms with Crippen LogP contribution in [0.2, 0.25) is 0 Å². The molecule has 0 fully saturated rings. The van der Waals surface area contributed by atoms with Crippen LogP contribution in [0.25, 0.3) is 141 Å². The molecule has 0 saturated carbocycles. The summed E-state index contributed by atoms with van der Waals surface area (Å²) in [5.74, 6) is 2.97. The average molecular weight is 1050 g/mol. The van der Waals surface area contributed by atoms with Gasteiger partial charge in [0.25, 0.3) is 0 Å². The van der Waals surface area contributed by atoms with Crippen molar-refractivity contribution >= 4 is 21.8 Å². The zero-order valence-electron chi connectivity index (χ0n) is 43.0. The fraction of sp³-hybridized carbons (Fsp3) is 0. The van der Waals surface area contributed by atoms with Crippen molar-refractivity contribution in [2.45, 2.75) is 0 Å². The Morgan fingerprint density at radius 1 is 0.222 bits per heavy atom. The first-order chi connectivity index (χ1) is 39.9. The molecule has 0 amide bonds. The van der Waals surface area contributed by atoms with Crippen LogP contribution >= 0.6 is 0 Å². The highest BCUT2D eigenvalue weighted by Crippen LogP contribution is 2.41. The van der Waals surface area contributed by atoms with Gasteiger partial charge in [0.1, 0.15) is 11.6 Å². The average Bonchev–Trinajstić information content (AvgIpc) is 4.07. The van der Waals surface area contributed by atoms with Gasteiger partial charge >= 0.3 is 0 Å². The predicted molar refractivity (Wildman–Crippen MR) is 315 cm³/mol. The number of nitrogens with zero attached hydrogens (tertiary/aromatic N) is 10. The normalized spacial score (nSPS) is 11.3. The molecule has 0 aliphatic heterocycles. The second kappa shape index (κ2) is 20.7. The van der Waals surface area contributed by atoms with Crippen LogP contribution in [0.3, 0.4) is 0 Å². The summed E-state index contributed by atoms with van der Waals surface area (Å²) in [5, 5.41) is 1.72. The van der Waals surface area contributed by atoms with E-state index >= 15 is 8.78 Å². The minimum atomic E-state index is -0.697. The van der Waals surface area contributed by atoms with Crippen molar-refractivity contribution in [3.63, 3.8) is 0 Å². The lowest BCUT2D eigenvalue weighted by molar-refractivity contribution is 0.584. The molecule has 10 aromatic carbocycles. The molecule has 0 spiro atoms. The molecule has 382 valence electrons. The standard InChI is InChI=1S/C69H42F2N10/c70-53-37-52(38-54(71)42-53)49-31-34-60(57(39-49)69-79-65(47-27-15-5-16-28-47)74-66(80-69)48-29-17-6-18-30-48)81-58-35-32-50(67-75-61(43-19-7-1-8-20-43)72-62(76-67)44-21-9-2-10-22-44)40-55(58)56-41-51(33-36-59(56)81)68-77-63(45-23-11-3-12-24-45)73-64(78-68)46-25-13-4-14-26-46/h1-42H. The highest BCUT2D eigenvalue weighted by atomic mass is 19.1. The summed E-state index contributed by atoms with van der Waals surface area (Å²) in [7, 11) is 0. The van der Waals surface area contributed by atoms with Gasteiger partial charge in [-0.25, -0.2) is 53.6 Å². The number of fused-ring (bicyclic) bond motifs is 3. The van der Waals surface area contributed by atoms with Gasteiger partial charge in [0, 0.05) is 66.9 Å². The van der Waals surface area contributed by atoms with Crippen LogP contribution in [-0.2, 0) is 0 Å². The van der Waals surface area contributed by atoms with Gasteiger partial charge in [-0.15, -0.1) is 0 Å². The first kappa shape index (κ1) is 48.3. The Balaban J connectivity index is 1.04. The zero-order valence-corrected chi connectivity index (χ0v) is 43.0. The SMILES string of the molecule is Fc1cc(F)cc(-c2ccc(-n3c4ccc(-c5nc(-c6ccccc6)nc(-c6ccccc6)n5)cc4c4cc(-c5nc(-c6ccccc6)nc(-c6ccccc6)n5)ccc43)c(-c3nc(-c4ccccc4)nc(-c4ccccc4)n3)c2)c1. The van der Waals surface area contributed by atoms with E-state index in [1.807, 2.05) is 212 Å². The van der Waals surface area contributed by atoms with Gasteiger partial charge in [0.2, 0.25) is 0 Å². The van der Waals surface area contributed by atoms with Gasteiger partial charge in [-0.3, -0.25) is 0 Å². The summed E-state index contributed by atoms with van der Waals surface area (Å²) in [4.78, 5) is 45.9. The lowest BCUT2D eigenvalue weighted by Crippen LogP contribution is -2.04. The summed E-state index contributed by atoms with van der Waals surface area (Å²) in [6.45, 7) is 0. The second-order valence-corrected chi connectivity index (χ2v) is 19.3. The van der Waals surface area contributed by atoms with E-state index in [1.165, 1.54) is 12.1 Å². The van der Waals surface area contributed by atoms with Crippen molar-refractivity contribution in [2.24, 2.45) is 0 Å². The van der Waals surface area contributed by atoms with E-state index in [9.17, 15) is 0 Å². The van der Waals surface area contributed by atoms with Crippen molar-refractivity contribution in [1.82, 2.24) is 49.4 Å². The van der Waals surface area contributed by atoms with Gasteiger partial charge in [0.15, 0.2) is 52.4 Å². The molecular weight excluding hydrogens is 1010 g/mol. The summed E-state index contributed by atoms with van der Waals surface area (Å²) in [6, 6.07) is 80.7. The first-order valence-electron chi connectivity index (χ1n) is 26.2. The molecule has 4 aromatic heterocycles. The molecule has 81 heavy (non-hydrogen) atoms. The molecule has 0 radical (unpaired) electrons. The molecule has 14 aromatic rings. The summed E-state index contributed by atoms with van der Waals surface area (Å²) >= 11 is 0. The number of benzene rings is 10. The molecule has 0 saturated heterocycles. The van der Waals surface area contributed by atoms with Crippen molar-refractivity contribution in [3.8, 4) is 119 Å². The highest BCUT2D eigenvalue weighted by Gasteiger charge is 2.24. The molecule has 0 atom stereocenters. The van der Waals surface area contributed by atoms with Crippen molar-refractivity contribution < 1.29 is 8.78 Å². The van der Waals surface area contributed by atoms with Crippen LogP contribution in [0.5, 0.6) is 0 Å². The minimum absolute atomic E-state index is 0.346. The summed E-state index contributed by atoms with van der Waals surface area (Å²) < 4.78 is 32.4. The third kappa shape index (κ3) is 9.52.